The first-order chi connectivity index (χ1) is 7.06. The lowest BCUT2D eigenvalue weighted by Gasteiger charge is -2.23. The Balaban J connectivity index is 0.00000225. The lowest BCUT2D eigenvalue weighted by atomic mass is 10.1. The van der Waals surface area contributed by atoms with Gasteiger partial charge in [-0.15, -0.1) is 12.4 Å². The fraction of sp³-hybridized carbons (Fsp3) is 0.417. The molecule has 1 aromatic rings. The number of rotatable bonds is 3. The first-order valence-corrected chi connectivity index (χ1v) is 5.19. The van der Waals surface area contributed by atoms with Crippen molar-refractivity contribution in [2.45, 2.75) is 26.3 Å². The van der Waals surface area contributed by atoms with Crippen molar-refractivity contribution in [3.05, 3.63) is 29.8 Å². The number of hydrogen-bond acceptors (Lipinski definition) is 2. The molecule has 0 bridgehead atoms. The predicted octanol–water partition coefficient (Wildman–Crippen LogP) is 2.56. The van der Waals surface area contributed by atoms with Crippen molar-refractivity contribution in [2.75, 3.05) is 12.8 Å². The molecule has 0 saturated heterocycles. The van der Waals surface area contributed by atoms with Gasteiger partial charge in [0.1, 0.15) is 0 Å². The zero-order chi connectivity index (χ0) is 11.4. The fourth-order valence-corrected chi connectivity index (χ4v) is 1.35. The average molecular weight is 243 g/mol. The van der Waals surface area contributed by atoms with Crippen LogP contribution in [0.1, 0.15) is 30.6 Å². The maximum atomic E-state index is 12.0. The summed E-state index contributed by atoms with van der Waals surface area (Å²) in [5.41, 5.74) is 6.91. The van der Waals surface area contributed by atoms with E-state index in [0.29, 0.717) is 11.3 Å². The second kappa shape index (κ2) is 6.38. The Labute approximate surface area is 103 Å². The highest BCUT2D eigenvalue weighted by Gasteiger charge is 2.15. The number of nitrogens with two attached hydrogens (primary N) is 1. The molecule has 0 aliphatic rings. The minimum atomic E-state index is 0. The summed E-state index contributed by atoms with van der Waals surface area (Å²) in [4.78, 5) is 13.7. The van der Waals surface area contributed by atoms with Gasteiger partial charge in [-0.25, -0.2) is 0 Å². The Morgan fingerprint density at radius 3 is 2.62 bits per heavy atom. The number of halogens is 1. The molecule has 16 heavy (non-hydrogen) atoms. The summed E-state index contributed by atoms with van der Waals surface area (Å²) in [5.74, 6) is 0.0247. The molecular formula is C12H19ClN2O. The number of carbonyl (C=O) groups excluding carboxylic acids is 1. The van der Waals surface area contributed by atoms with Crippen LogP contribution < -0.4 is 5.73 Å². The molecule has 4 heteroatoms. The van der Waals surface area contributed by atoms with Crippen molar-refractivity contribution in [1.29, 1.82) is 0 Å². The third kappa shape index (κ3) is 3.42. The average Bonchev–Trinajstić information content (AvgIpc) is 2.26. The highest BCUT2D eigenvalue weighted by atomic mass is 35.5. The van der Waals surface area contributed by atoms with E-state index < -0.39 is 0 Å². The lowest BCUT2D eigenvalue weighted by molar-refractivity contribution is 0.0740. The van der Waals surface area contributed by atoms with E-state index in [1.54, 1.807) is 29.2 Å². The van der Waals surface area contributed by atoms with Crippen molar-refractivity contribution >= 4 is 24.0 Å². The van der Waals surface area contributed by atoms with Crippen molar-refractivity contribution in [1.82, 2.24) is 4.90 Å². The van der Waals surface area contributed by atoms with Gasteiger partial charge in [0, 0.05) is 24.3 Å². The van der Waals surface area contributed by atoms with E-state index in [4.69, 9.17) is 5.73 Å². The highest BCUT2D eigenvalue weighted by molar-refractivity contribution is 5.95. The molecule has 1 unspecified atom stereocenters. The smallest absolute Gasteiger partial charge is 0.253 e. The van der Waals surface area contributed by atoms with Crippen LogP contribution in [0.3, 0.4) is 0 Å². The van der Waals surface area contributed by atoms with Crippen LogP contribution in [0.4, 0.5) is 5.69 Å². The Morgan fingerprint density at radius 2 is 2.12 bits per heavy atom. The van der Waals surface area contributed by atoms with Crippen LogP contribution in [-0.4, -0.2) is 23.9 Å². The molecule has 1 aromatic carbocycles. The van der Waals surface area contributed by atoms with E-state index in [2.05, 4.69) is 6.92 Å². The van der Waals surface area contributed by atoms with Gasteiger partial charge in [-0.2, -0.15) is 0 Å². The summed E-state index contributed by atoms with van der Waals surface area (Å²) in [6, 6.07) is 7.32. The second-order valence-electron chi connectivity index (χ2n) is 3.80. The highest BCUT2D eigenvalue weighted by Crippen LogP contribution is 2.11. The maximum Gasteiger partial charge on any atom is 0.253 e. The number of nitrogens with zero attached hydrogens (tertiary/aromatic N) is 1. The predicted molar refractivity (Wildman–Crippen MR) is 69.9 cm³/mol. The lowest BCUT2D eigenvalue weighted by Crippen LogP contribution is -2.34. The van der Waals surface area contributed by atoms with Gasteiger partial charge in [-0.3, -0.25) is 4.79 Å². The SMILES string of the molecule is CCC(C)N(C)C(=O)c1cccc(N)c1.Cl. The third-order valence-electron chi connectivity index (χ3n) is 2.71. The molecule has 1 amide bonds. The first-order valence-electron chi connectivity index (χ1n) is 5.19. The molecule has 90 valence electrons. The molecule has 0 aromatic heterocycles. The van der Waals surface area contributed by atoms with E-state index in [1.807, 2.05) is 14.0 Å². The zero-order valence-electron chi connectivity index (χ0n) is 9.93. The number of nitrogen functional groups attached to an aromatic ring is 1. The molecular weight excluding hydrogens is 224 g/mol. The van der Waals surface area contributed by atoms with Crippen molar-refractivity contribution in [2.24, 2.45) is 0 Å². The molecule has 0 fully saturated rings. The summed E-state index contributed by atoms with van der Waals surface area (Å²) >= 11 is 0. The molecule has 0 heterocycles. The van der Waals surface area contributed by atoms with Gasteiger partial charge in [-0.1, -0.05) is 13.0 Å². The molecule has 1 atom stereocenters. The van der Waals surface area contributed by atoms with Crippen LogP contribution in [0.2, 0.25) is 0 Å². The Kier molecular flexibility index (Phi) is 5.89. The molecule has 3 nitrogen and oxygen atoms in total. The summed E-state index contributed by atoms with van der Waals surface area (Å²) in [5, 5.41) is 0. The van der Waals surface area contributed by atoms with Gasteiger partial charge in [0.2, 0.25) is 0 Å². The summed E-state index contributed by atoms with van der Waals surface area (Å²) < 4.78 is 0. The Morgan fingerprint density at radius 1 is 1.50 bits per heavy atom. The van der Waals surface area contributed by atoms with E-state index in [9.17, 15) is 4.79 Å². The monoisotopic (exact) mass is 242 g/mol. The minimum Gasteiger partial charge on any atom is -0.399 e. The van der Waals surface area contributed by atoms with Crippen molar-refractivity contribution in [3.8, 4) is 0 Å². The van der Waals surface area contributed by atoms with Gasteiger partial charge in [0.05, 0.1) is 0 Å². The number of benzene rings is 1. The standard InChI is InChI=1S/C12H18N2O.ClH/c1-4-9(2)14(3)12(15)10-6-5-7-11(13)8-10;/h5-9H,4,13H2,1-3H3;1H. The molecule has 0 spiro atoms. The number of carbonyl (C=O) groups is 1. The van der Waals surface area contributed by atoms with Crippen LogP contribution >= 0.6 is 12.4 Å². The molecule has 0 saturated carbocycles. The molecule has 1 rings (SSSR count). The van der Waals surface area contributed by atoms with Gasteiger partial charge in [-0.05, 0) is 31.5 Å². The molecule has 0 aliphatic carbocycles. The Bertz CT molecular complexity index is 355. The molecule has 0 aliphatic heterocycles. The Hall–Kier alpha value is -1.22. The van der Waals surface area contributed by atoms with E-state index in [0.717, 1.165) is 6.42 Å². The summed E-state index contributed by atoms with van der Waals surface area (Å²) in [6.07, 6.45) is 0.949. The summed E-state index contributed by atoms with van der Waals surface area (Å²) in [7, 11) is 1.82. The van der Waals surface area contributed by atoms with Crippen LogP contribution in [0.15, 0.2) is 24.3 Å². The first kappa shape index (κ1) is 14.8. The van der Waals surface area contributed by atoms with Crippen LogP contribution in [0.5, 0.6) is 0 Å². The van der Waals surface area contributed by atoms with Gasteiger partial charge in [0.25, 0.3) is 5.91 Å². The van der Waals surface area contributed by atoms with Gasteiger partial charge < -0.3 is 10.6 Å². The second-order valence-corrected chi connectivity index (χ2v) is 3.80. The molecule has 2 N–H and O–H groups in total. The van der Waals surface area contributed by atoms with E-state index >= 15 is 0 Å². The number of hydrogen-bond donors (Lipinski definition) is 1. The zero-order valence-corrected chi connectivity index (χ0v) is 10.8. The van der Waals surface area contributed by atoms with Gasteiger partial charge in [0.15, 0.2) is 0 Å². The van der Waals surface area contributed by atoms with Crippen molar-refractivity contribution < 1.29 is 4.79 Å². The van der Waals surface area contributed by atoms with E-state index in [-0.39, 0.29) is 24.4 Å². The van der Waals surface area contributed by atoms with Gasteiger partial charge >= 0.3 is 0 Å². The quantitative estimate of drug-likeness (QED) is 0.829. The van der Waals surface area contributed by atoms with Crippen LogP contribution in [0, 0.1) is 0 Å². The van der Waals surface area contributed by atoms with Crippen molar-refractivity contribution in [3.63, 3.8) is 0 Å². The maximum absolute atomic E-state index is 12.0. The van der Waals surface area contributed by atoms with Crippen LogP contribution in [-0.2, 0) is 0 Å². The third-order valence-corrected chi connectivity index (χ3v) is 2.71. The summed E-state index contributed by atoms with van der Waals surface area (Å²) in [6.45, 7) is 4.10. The normalized spacial score (nSPS) is 11.4. The topological polar surface area (TPSA) is 46.3 Å². The minimum absolute atomic E-state index is 0. The fourth-order valence-electron chi connectivity index (χ4n) is 1.35. The largest absolute Gasteiger partial charge is 0.399 e. The van der Waals surface area contributed by atoms with E-state index in [1.165, 1.54) is 0 Å². The van der Waals surface area contributed by atoms with Crippen LogP contribution in [0.25, 0.3) is 0 Å². The number of amides is 1. The molecule has 0 radical (unpaired) electrons. The number of anilines is 1.